The summed E-state index contributed by atoms with van der Waals surface area (Å²) in [7, 11) is 2.09. The van der Waals surface area contributed by atoms with Crippen molar-refractivity contribution >= 4 is 0 Å². The Labute approximate surface area is 96.5 Å². The highest BCUT2D eigenvalue weighted by molar-refractivity contribution is 5.12. The maximum atomic E-state index is 13.4. The number of aromatic nitrogens is 1. The summed E-state index contributed by atoms with van der Waals surface area (Å²) in [5.74, 6) is -0.190. The van der Waals surface area contributed by atoms with Gasteiger partial charge in [0.2, 0.25) is 0 Å². The first-order chi connectivity index (χ1) is 7.77. The second-order valence-electron chi connectivity index (χ2n) is 4.67. The van der Waals surface area contributed by atoms with Gasteiger partial charge in [0, 0.05) is 24.3 Å². The monoisotopic (exact) mass is 222 g/mol. The number of pyridine rings is 1. The highest BCUT2D eigenvalue weighted by atomic mass is 19.1. The van der Waals surface area contributed by atoms with E-state index in [4.69, 9.17) is 0 Å². The Balaban J connectivity index is 1.96. The van der Waals surface area contributed by atoms with Crippen LogP contribution in [0.15, 0.2) is 18.5 Å². The minimum atomic E-state index is -0.190. The van der Waals surface area contributed by atoms with Gasteiger partial charge < -0.3 is 0 Å². The van der Waals surface area contributed by atoms with E-state index >= 15 is 0 Å². The van der Waals surface area contributed by atoms with Crippen LogP contribution in [0.4, 0.5) is 4.39 Å². The lowest BCUT2D eigenvalue weighted by Gasteiger charge is -2.31. The van der Waals surface area contributed by atoms with Gasteiger partial charge in [0.15, 0.2) is 0 Å². The van der Waals surface area contributed by atoms with Crippen LogP contribution in [0, 0.1) is 5.82 Å². The third-order valence-electron chi connectivity index (χ3n) is 3.47. The quantitative estimate of drug-likeness (QED) is 0.781. The van der Waals surface area contributed by atoms with Gasteiger partial charge in [-0.2, -0.15) is 0 Å². The standard InChI is InChI=1S/C13H19FN2/c1-16(12-5-3-2-4-6-12)10-11-7-8-15-9-13(11)14/h7-9,12H,2-6,10H2,1H3. The van der Waals surface area contributed by atoms with E-state index in [-0.39, 0.29) is 5.82 Å². The Morgan fingerprint density at radius 3 is 2.81 bits per heavy atom. The van der Waals surface area contributed by atoms with Crippen LogP contribution in [0.5, 0.6) is 0 Å². The van der Waals surface area contributed by atoms with Crippen LogP contribution < -0.4 is 0 Å². The lowest BCUT2D eigenvalue weighted by molar-refractivity contribution is 0.182. The molecule has 1 fully saturated rings. The SMILES string of the molecule is CN(Cc1ccncc1F)C1CCCCC1. The normalized spacial score (nSPS) is 17.9. The molecule has 1 aromatic rings. The molecule has 88 valence electrons. The van der Waals surface area contributed by atoms with Crippen LogP contribution in [0.1, 0.15) is 37.7 Å². The van der Waals surface area contributed by atoms with E-state index in [1.165, 1.54) is 38.3 Å². The van der Waals surface area contributed by atoms with E-state index in [9.17, 15) is 4.39 Å². The molecule has 0 unspecified atom stereocenters. The summed E-state index contributed by atoms with van der Waals surface area (Å²) in [6.45, 7) is 0.693. The average Bonchev–Trinajstić information content (AvgIpc) is 2.33. The zero-order valence-electron chi connectivity index (χ0n) is 9.82. The molecule has 1 heterocycles. The van der Waals surface area contributed by atoms with E-state index in [1.807, 2.05) is 0 Å². The zero-order valence-corrected chi connectivity index (χ0v) is 9.82. The average molecular weight is 222 g/mol. The zero-order chi connectivity index (χ0) is 11.4. The molecule has 2 rings (SSSR count). The number of halogens is 1. The fourth-order valence-corrected chi connectivity index (χ4v) is 2.45. The van der Waals surface area contributed by atoms with E-state index in [0.29, 0.717) is 12.6 Å². The first-order valence-electron chi connectivity index (χ1n) is 6.06. The van der Waals surface area contributed by atoms with Crippen molar-refractivity contribution < 1.29 is 4.39 Å². The van der Waals surface area contributed by atoms with E-state index in [2.05, 4.69) is 16.9 Å². The van der Waals surface area contributed by atoms with Gasteiger partial charge in [-0.15, -0.1) is 0 Å². The Morgan fingerprint density at radius 2 is 2.12 bits per heavy atom. The first kappa shape index (κ1) is 11.5. The topological polar surface area (TPSA) is 16.1 Å². The molecule has 1 aliphatic rings. The Hall–Kier alpha value is -0.960. The number of hydrogen-bond acceptors (Lipinski definition) is 2. The van der Waals surface area contributed by atoms with Crippen molar-refractivity contribution in [1.82, 2.24) is 9.88 Å². The van der Waals surface area contributed by atoms with Gasteiger partial charge in [0.25, 0.3) is 0 Å². The van der Waals surface area contributed by atoms with Crippen molar-refractivity contribution in [1.29, 1.82) is 0 Å². The summed E-state index contributed by atoms with van der Waals surface area (Å²) in [6.07, 6.45) is 9.44. The van der Waals surface area contributed by atoms with Crippen LogP contribution in [0.2, 0.25) is 0 Å². The van der Waals surface area contributed by atoms with Gasteiger partial charge in [-0.05, 0) is 26.0 Å². The highest BCUT2D eigenvalue weighted by Crippen LogP contribution is 2.23. The summed E-state index contributed by atoms with van der Waals surface area (Å²) < 4.78 is 13.4. The molecular weight excluding hydrogens is 203 g/mol. The van der Waals surface area contributed by atoms with Crippen LogP contribution in [-0.2, 0) is 6.54 Å². The van der Waals surface area contributed by atoms with Crippen LogP contribution in [-0.4, -0.2) is 23.0 Å². The molecule has 0 amide bonds. The van der Waals surface area contributed by atoms with E-state index in [0.717, 1.165) is 5.56 Å². The van der Waals surface area contributed by atoms with Gasteiger partial charge in [0.1, 0.15) is 5.82 Å². The van der Waals surface area contributed by atoms with Crippen molar-refractivity contribution in [2.24, 2.45) is 0 Å². The molecule has 0 spiro atoms. The third kappa shape index (κ3) is 2.79. The minimum absolute atomic E-state index is 0.190. The fourth-order valence-electron chi connectivity index (χ4n) is 2.45. The smallest absolute Gasteiger partial charge is 0.145 e. The van der Waals surface area contributed by atoms with Crippen LogP contribution >= 0.6 is 0 Å². The molecule has 0 atom stereocenters. The summed E-state index contributed by atoms with van der Waals surface area (Å²) in [4.78, 5) is 6.05. The summed E-state index contributed by atoms with van der Waals surface area (Å²) in [5.41, 5.74) is 0.753. The van der Waals surface area contributed by atoms with E-state index in [1.54, 1.807) is 12.3 Å². The van der Waals surface area contributed by atoms with Crippen LogP contribution in [0.25, 0.3) is 0 Å². The molecule has 16 heavy (non-hydrogen) atoms. The Bertz CT molecular complexity index is 334. The second kappa shape index (κ2) is 5.39. The molecule has 0 N–H and O–H groups in total. The molecule has 3 heteroatoms. The highest BCUT2D eigenvalue weighted by Gasteiger charge is 2.18. The maximum absolute atomic E-state index is 13.4. The lowest BCUT2D eigenvalue weighted by Crippen LogP contribution is -2.33. The molecule has 0 bridgehead atoms. The Kier molecular flexibility index (Phi) is 3.88. The lowest BCUT2D eigenvalue weighted by atomic mass is 9.94. The molecule has 1 saturated carbocycles. The van der Waals surface area contributed by atoms with Gasteiger partial charge in [-0.3, -0.25) is 9.88 Å². The van der Waals surface area contributed by atoms with Gasteiger partial charge in [-0.1, -0.05) is 19.3 Å². The predicted octanol–water partition coefficient (Wildman–Crippen LogP) is 2.99. The molecule has 0 aromatic carbocycles. The summed E-state index contributed by atoms with van der Waals surface area (Å²) in [6, 6.07) is 2.40. The molecule has 1 aromatic heterocycles. The van der Waals surface area contributed by atoms with Crippen molar-refractivity contribution in [2.75, 3.05) is 7.05 Å². The number of hydrogen-bond donors (Lipinski definition) is 0. The fraction of sp³-hybridized carbons (Fsp3) is 0.615. The molecule has 2 nitrogen and oxygen atoms in total. The third-order valence-corrected chi connectivity index (χ3v) is 3.47. The maximum Gasteiger partial charge on any atom is 0.145 e. The molecule has 1 aliphatic carbocycles. The largest absolute Gasteiger partial charge is 0.299 e. The van der Waals surface area contributed by atoms with Crippen LogP contribution in [0.3, 0.4) is 0 Å². The molecule has 0 saturated heterocycles. The minimum Gasteiger partial charge on any atom is -0.299 e. The van der Waals surface area contributed by atoms with Crippen molar-refractivity contribution in [3.8, 4) is 0 Å². The van der Waals surface area contributed by atoms with Crippen molar-refractivity contribution in [3.63, 3.8) is 0 Å². The first-order valence-corrected chi connectivity index (χ1v) is 6.06. The number of rotatable bonds is 3. The number of nitrogens with zero attached hydrogens (tertiary/aromatic N) is 2. The van der Waals surface area contributed by atoms with Crippen molar-refractivity contribution in [2.45, 2.75) is 44.7 Å². The summed E-state index contributed by atoms with van der Waals surface area (Å²) in [5, 5.41) is 0. The van der Waals surface area contributed by atoms with Gasteiger partial charge in [-0.25, -0.2) is 4.39 Å². The Morgan fingerprint density at radius 1 is 1.38 bits per heavy atom. The van der Waals surface area contributed by atoms with Crippen molar-refractivity contribution in [3.05, 3.63) is 29.8 Å². The predicted molar refractivity (Wildman–Crippen MR) is 62.5 cm³/mol. The molecule has 0 radical (unpaired) electrons. The van der Waals surface area contributed by atoms with Gasteiger partial charge >= 0.3 is 0 Å². The van der Waals surface area contributed by atoms with E-state index < -0.39 is 0 Å². The molecule has 0 aliphatic heterocycles. The summed E-state index contributed by atoms with van der Waals surface area (Å²) >= 11 is 0. The van der Waals surface area contributed by atoms with Gasteiger partial charge in [0.05, 0.1) is 6.20 Å². The molecular formula is C13H19FN2. The second-order valence-corrected chi connectivity index (χ2v) is 4.67.